The predicted molar refractivity (Wildman–Crippen MR) is 21.0 cm³/mol. The molecule has 0 radical (unpaired) electrons. The molecular weight excluding hydrogens is 80.0 g/mol. The molecule has 1 aliphatic heterocycles. The summed E-state index contributed by atoms with van der Waals surface area (Å²) < 4.78 is 0. The van der Waals surface area contributed by atoms with E-state index >= 15 is 0 Å². The predicted octanol–water partition coefficient (Wildman–Crippen LogP) is -1.56. The van der Waals surface area contributed by atoms with Gasteiger partial charge in [0.1, 0.15) is 0 Å². The molecule has 1 rings (SSSR count). The molecule has 0 aromatic heterocycles. The van der Waals surface area contributed by atoms with Gasteiger partial charge in [-0.3, -0.25) is 4.79 Å². The second-order valence-electron chi connectivity index (χ2n) is 1.36. The van der Waals surface area contributed by atoms with Gasteiger partial charge < -0.3 is 11.1 Å². The summed E-state index contributed by atoms with van der Waals surface area (Å²) in [6.07, 6.45) is 0. The molecule has 3 nitrogen and oxygen atoms in total. The third kappa shape index (κ3) is 0.490. The summed E-state index contributed by atoms with van der Waals surface area (Å²) in [5.41, 5.74) is 4.80. The van der Waals surface area contributed by atoms with Gasteiger partial charge in [-0.05, 0) is 0 Å². The molecule has 34 valence electrons. The van der Waals surface area contributed by atoms with Crippen molar-refractivity contribution >= 4 is 5.91 Å². The van der Waals surface area contributed by atoms with Crippen LogP contribution in [0.3, 0.4) is 0 Å². The first kappa shape index (κ1) is 3.61. The quantitative estimate of drug-likeness (QED) is 0.379. The van der Waals surface area contributed by atoms with Gasteiger partial charge in [0.25, 0.3) is 0 Å². The van der Waals surface area contributed by atoms with Crippen LogP contribution in [0.1, 0.15) is 0 Å². The Morgan fingerprint density at radius 1 is 2.00 bits per heavy atom. The van der Waals surface area contributed by atoms with Crippen molar-refractivity contribution in [3.05, 3.63) is 0 Å². The van der Waals surface area contributed by atoms with Crippen molar-refractivity contribution in [1.82, 2.24) is 5.32 Å². The van der Waals surface area contributed by atoms with Gasteiger partial charge in [0.2, 0.25) is 5.91 Å². The summed E-state index contributed by atoms with van der Waals surface area (Å²) in [5, 5.41) is 2.76. The third-order valence-electron chi connectivity index (χ3n) is 0.752. The van der Waals surface area contributed by atoms with Crippen molar-refractivity contribution < 1.29 is 4.79 Å². The van der Waals surface area contributed by atoms with Crippen LogP contribution in [0.15, 0.2) is 0 Å². The fourth-order valence-corrected chi connectivity index (χ4v) is 0.260. The minimum atomic E-state index is -0.241. The fraction of sp³-hybridized carbons (Fsp3) is 0.667. The van der Waals surface area contributed by atoms with Crippen molar-refractivity contribution in [2.45, 2.75) is 6.04 Å². The summed E-state index contributed by atoms with van der Waals surface area (Å²) in [6.45, 7) is 0.773. The van der Waals surface area contributed by atoms with Crippen LogP contribution >= 0.6 is 0 Å². The van der Waals surface area contributed by atoms with E-state index in [4.69, 9.17) is 5.73 Å². The average Bonchev–Trinajstić information content (AvgIpc) is 2.06. The third-order valence-corrected chi connectivity index (χ3v) is 0.752. The van der Waals surface area contributed by atoms with E-state index in [0.717, 1.165) is 6.54 Å². The summed E-state index contributed by atoms with van der Waals surface area (Å²) >= 11 is 0. The monoisotopic (exact) mass is 86.0 g/mol. The topological polar surface area (TPSA) is 65.0 Å². The lowest BCUT2D eigenvalue weighted by Gasteiger charge is -1.75. The first-order valence-corrected chi connectivity index (χ1v) is 1.83. The Labute approximate surface area is 35.5 Å². The van der Waals surface area contributed by atoms with Gasteiger partial charge in [-0.15, -0.1) is 0 Å². The highest BCUT2D eigenvalue weighted by atomic mass is 16.1. The van der Waals surface area contributed by atoms with Gasteiger partial charge in [0, 0.05) is 6.54 Å². The zero-order valence-electron chi connectivity index (χ0n) is 3.27. The number of nitrogens with two attached hydrogens (primary N) is 1. The highest BCUT2D eigenvalue weighted by Crippen LogP contribution is 1.91. The second kappa shape index (κ2) is 0.944. The number of carbonyl (C=O) groups excluding carboxylic acids is 1. The van der Waals surface area contributed by atoms with Gasteiger partial charge in [-0.1, -0.05) is 0 Å². The minimum Gasteiger partial charge on any atom is -0.368 e. The molecule has 0 unspecified atom stereocenters. The van der Waals surface area contributed by atoms with Crippen LogP contribution in [-0.2, 0) is 4.79 Å². The molecule has 1 heterocycles. The average molecular weight is 86.1 g/mol. The molecule has 0 saturated carbocycles. The number of rotatable bonds is 1. The SMILES string of the molecule is NC(=O)[C@@H]1CN1. The van der Waals surface area contributed by atoms with E-state index in [9.17, 15) is 4.79 Å². The van der Waals surface area contributed by atoms with Gasteiger partial charge in [0.15, 0.2) is 0 Å². The van der Waals surface area contributed by atoms with E-state index in [-0.39, 0.29) is 11.9 Å². The largest absolute Gasteiger partial charge is 0.368 e. The number of hydrogen-bond acceptors (Lipinski definition) is 2. The van der Waals surface area contributed by atoms with Crippen LogP contribution in [-0.4, -0.2) is 18.5 Å². The first-order valence-electron chi connectivity index (χ1n) is 1.83. The molecule has 1 aliphatic rings. The number of primary amides is 1. The molecule has 0 aromatic carbocycles. The van der Waals surface area contributed by atoms with Crippen molar-refractivity contribution in [2.75, 3.05) is 6.54 Å². The molecule has 0 aliphatic carbocycles. The van der Waals surface area contributed by atoms with Crippen LogP contribution in [0, 0.1) is 0 Å². The zero-order chi connectivity index (χ0) is 4.57. The van der Waals surface area contributed by atoms with Crippen molar-refractivity contribution in [1.29, 1.82) is 0 Å². The first-order chi connectivity index (χ1) is 2.80. The molecule has 6 heavy (non-hydrogen) atoms. The van der Waals surface area contributed by atoms with Crippen molar-refractivity contribution in [3.63, 3.8) is 0 Å². The van der Waals surface area contributed by atoms with E-state index in [1.165, 1.54) is 0 Å². The van der Waals surface area contributed by atoms with Crippen molar-refractivity contribution in [3.8, 4) is 0 Å². The van der Waals surface area contributed by atoms with Crippen molar-refractivity contribution in [2.24, 2.45) is 5.73 Å². The number of hydrogen-bond donors (Lipinski definition) is 2. The maximum absolute atomic E-state index is 9.92. The van der Waals surface area contributed by atoms with Crippen LogP contribution in [0.5, 0.6) is 0 Å². The molecule has 0 spiro atoms. The van der Waals surface area contributed by atoms with Crippen LogP contribution < -0.4 is 11.1 Å². The molecule has 1 atom stereocenters. The van der Waals surface area contributed by atoms with E-state index in [0.29, 0.717) is 0 Å². The van der Waals surface area contributed by atoms with Gasteiger partial charge >= 0.3 is 0 Å². The van der Waals surface area contributed by atoms with E-state index < -0.39 is 0 Å². The zero-order valence-corrected chi connectivity index (χ0v) is 3.27. The number of amides is 1. The maximum Gasteiger partial charge on any atom is 0.235 e. The molecule has 3 heteroatoms. The van der Waals surface area contributed by atoms with Gasteiger partial charge in [0.05, 0.1) is 6.04 Å². The van der Waals surface area contributed by atoms with Crippen LogP contribution in [0.25, 0.3) is 0 Å². The van der Waals surface area contributed by atoms with E-state index in [1.807, 2.05) is 0 Å². The molecule has 1 saturated heterocycles. The standard InChI is InChI=1S/C3H6N2O/c4-3(6)2-1-5-2/h2,5H,1H2,(H2,4,6)/t2-/m0/s1. The Bertz CT molecular complexity index is 76.9. The Morgan fingerprint density at radius 2 is 2.50 bits per heavy atom. The fourth-order valence-electron chi connectivity index (χ4n) is 0.260. The highest BCUT2D eigenvalue weighted by molar-refractivity contribution is 5.82. The van der Waals surface area contributed by atoms with Crippen LogP contribution in [0.4, 0.5) is 0 Å². The number of nitrogens with one attached hydrogen (secondary N) is 1. The van der Waals surface area contributed by atoms with Crippen LogP contribution in [0.2, 0.25) is 0 Å². The van der Waals surface area contributed by atoms with Gasteiger partial charge in [-0.25, -0.2) is 0 Å². The summed E-state index contributed by atoms with van der Waals surface area (Å²) in [7, 11) is 0. The Kier molecular flexibility index (Phi) is 0.569. The molecule has 1 amide bonds. The van der Waals surface area contributed by atoms with Gasteiger partial charge in [-0.2, -0.15) is 0 Å². The smallest absolute Gasteiger partial charge is 0.235 e. The molecule has 0 bridgehead atoms. The van der Waals surface area contributed by atoms with E-state index in [1.54, 1.807) is 0 Å². The Hall–Kier alpha value is -0.570. The number of carbonyl (C=O) groups is 1. The van der Waals surface area contributed by atoms with E-state index in [2.05, 4.69) is 5.32 Å². The Balaban J connectivity index is 2.31. The minimum absolute atomic E-state index is 0.00926. The molecule has 1 fully saturated rings. The molecule has 0 aromatic rings. The summed E-state index contributed by atoms with van der Waals surface area (Å²) in [6, 6.07) is -0.00926. The Morgan fingerprint density at radius 3 is 2.50 bits per heavy atom. The maximum atomic E-state index is 9.92. The summed E-state index contributed by atoms with van der Waals surface area (Å²) in [5.74, 6) is -0.241. The summed E-state index contributed by atoms with van der Waals surface area (Å²) in [4.78, 5) is 9.92. The lowest BCUT2D eigenvalue weighted by molar-refractivity contribution is -0.117. The lowest BCUT2D eigenvalue weighted by Crippen LogP contribution is -2.19. The second-order valence-corrected chi connectivity index (χ2v) is 1.36. The highest BCUT2D eigenvalue weighted by Gasteiger charge is 2.25. The molecule has 3 N–H and O–H groups in total. The lowest BCUT2D eigenvalue weighted by atomic mass is 10.5. The molecular formula is C3H6N2O. The normalized spacial score (nSPS) is 29.7.